The normalized spacial score (nSPS) is 10.6. The highest BCUT2D eigenvalue weighted by atomic mass is 19.1. The number of nitrogens with one attached hydrogen (secondary N) is 3. The Morgan fingerprint density at radius 2 is 1.94 bits per heavy atom. The number of phenols is 1. The molecule has 0 bridgehead atoms. The fourth-order valence-corrected chi connectivity index (χ4v) is 2.75. The molecule has 0 atom stereocenters. The van der Waals surface area contributed by atoms with E-state index in [1.54, 1.807) is 31.2 Å². The predicted octanol–water partition coefficient (Wildman–Crippen LogP) is 3.46. The lowest BCUT2D eigenvalue weighted by Gasteiger charge is -2.07. The Balaban J connectivity index is 1.40. The topological polar surface area (TPSA) is 138 Å². The summed E-state index contributed by atoms with van der Waals surface area (Å²) in [6.07, 6.45) is 0.0106. The minimum atomic E-state index is -0.433. The van der Waals surface area contributed by atoms with Crippen LogP contribution in [0.1, 0.15) is 11.5 Å². The molecule has 4 N–H and O–H groups in total. The molecule has 0 aliphatic carbocycles. The van der Waals surface area contributed by atoms with Crippen molar-refractivity contribution in [2.75, 3.05) is 10.6 Å². The molecule has 32 heavy (non-hydrogen) atoms. The first-order chi connectivity index (χ1) is 15.4. The second-order valence-electron chi connectivity index (χ2n) is 6.72. The second-order valence-corrected chi connectivity index (χ2v) is 6.72. The molecule has 162 valence electrons. The number of carbonyl (C=O) groups is 1. The summed E-state index contributed by atoms with van der Waals surface area (Å²) < 4.78 is 18.8. The maximum absolute atomic E-state index is 13.2. The number of hydrogen-bond donors (Lipinski definition) is 4. The van der Waals surface area contributed by atoms with E-state index >= 15 is 0 Å². The van der Waals surface area contributed by atoms with Crippen LogP contribution in [0.25, 0.3) is 0 Å². The monoisotopic (exact) mass is 435 g/mol. The Bertz CT molecular complexity index is 1240. The molecular weight excluding hydrogens is 417 g/mol. The summed E-state index contributed by atoms with van der Waals surface area (Å²) in [6, 6.07) is 13.5. The highest BCUT2D eigenvalue weighted by molar-refractivity contribution is 5.92. The van der Waals surface area contributed by atoms with Crippen molar-refractivity contribution in [3.63, 3.8) is 0 Å². The number of nitrogens with zero attached hydrogens (tertiary/aromatic N) is 4. The van der Waals surface area contributed by atoms with Gasteiger partial charge in [0.1, 0.15) is 23.1 Å². The predicted molar refractivity (Wildman–Crippen MR) is 113 cm³/mol. The Hall–Kier alpha value is -4.54. The van der Waals surface area contributed by atoms with Crippen LogP contribution in [0, 0.1) is 12.7 Å². The molecule has 2 aromatic carbocycles. The van der Waals surface area contributed by atoms with Crippen LogP contribution in [0.5, 0.6) is 17.5 Å². The molecule has 0 radical (unpaired) electrons. The maximum atomic E-state index is 13.2. The van der Waals surface area contributed by atoms with Crippen LogP contribution in [0.15, 0.2) is 54.6 Å². The van der Waals surface area contributed by atoms with Crippen molar-refractivity contribution in [1.82, 2.24) is 25.1 Å². The third kappa shape index (κ3) is 5.53. The number of phenolic OH excluding ortho intramolecular Hbond substituents is 1. The number of halogens is 1. The zero-order valence-corrected chi connectivity index (χ0v) is 16.8. The van der Waals surface area contributed by atoms with Gasteiger partial charge in [0.05, 0.1) is 6.42 Å². The van der Waals surface area contributed by atoms with Gasteiger partial charge in [-0.25, -0.2) is 4.39 Å². The van der Waals surface area contributed by atoms with E-state index in [4.69, 9.17) is 4.74 Å². The molecule has 0 spiro atoms. The van der Waals surface area contributed by atoms with E-state index in [9.17, 15) is 14.3 Å². The van der Waals surface area contributed by atoms with Crippen molar-refractivity contribution in [1.29, 1.82) is 0 Å². The lowest BCUT2D eigenvalue weighted by atomic mass is 10.2. The van der Waals surface area contributed by atoms with Gasteiger partial charge in [-0.1, -0.05) is 6.07 Å². The SMILES string of the molecule is Cc1nc(Nc2cc(CC(=O)Nc3cccc(F)c3)[nH]n2)nc(Oc2ccc(O)cc2)n1. The number of amides is 1. The van der Waals surface area contributed by atoms with Crippen molar-refractivity contribution in [3.8, 4) is 17.5 Å². The standard InChI is InChI=1S/C21H18FN7O3/c1-12-23-20(27-21(24-12)32-17-7-5-16(30)6-8-17)26-18-10-15(28-29-18)11-19(31)25-14-4-2-3-13(22)9-14/h2-10,30H,11H2,1H3,(H,25,31)(H2,23,24,26,27,28,29). The lowest BCUT2D eigenvalue weighted by Crippen LogP contribution is -2.14. The number of hydrogen-bond acceptors (Lipinski definition) is 8. The molecule has 0 unspecified atom stereocenters. The minimum Gasteiger partial charge on any atom is -0.508 e. The number of carbonyl (C=O) groups excluding carboxylic acids is 1. The van der Waals surface area contributed by atoms with Crippen molar-refractivity contribution in [2.45, 2.75) is 13.3 Å². The van der Waals surface area contributed by atoms with Gasteiger partial charge in [0.15, 0.2) is 5.82 Å². The van der Waals surface area contributed by atoms with Gasteiger partial charge in [-0.15, -0.1) is 0 Å². The fourth-order valence-electron chi connectivity index (χ4n) is 2.75. The zero-order chi connectivity index (χ0) is 22.5. The van der Waals surface area contributed by atoms with Gasteiger partial charge in [0, 0.05) is 17.4 Å². The molecule has 0 saturated carbocycles. The Kier molecular flexibility index (Phi) is 5.88. The van der Waals surface area contributed by atoms with Crippen molar-refractivity contribution >= 4 is 23.4 Å². The minimum absolute atomic E-state index is 0.0106. The van der Waals surface area contributed by atoms with Gasteiger partial charge < -0.3 is 20.5 Å². The number of aryl methyl sites for hydroxylation is 1. The van der Waals surface area contributed by atoms with Crippen LogP contribution in [0.3, 0.4) is 0 Å². The van der Waals surface area contributed by atoms with Crippen molar-refractivity contribution in [3.05, 3.63) is 71.9 Å². The molecule has 2 aromatic heterocycles. The molecule has 11 heteroatoms. The highest BCUT2D eigenvalue weighted by Crippen LogP contribution is 2.22. The Morgan fingerprint density at radius 1 is 1.12 bits per heavy atom. The van der Waals surface area contributed by atoms with Crippen molar-refractivity contribution in [2.24, 2.45) is 0 Å². The van der Waals surface area contributed by atoms with Crippen LogP contribution in [-0.2, 0) is 11.2 Å². The molecule has 4 rings (SSSR count). The summed E-state index contributed by atoms with van der Waals surface area (Å²) in [4.78, 5) is 24.7. The van der Waals surface area contributed by atoms with E-state index in [1.807, 2.05) is 0 Å². The van der Waals surface area contributed by atoms with E-state index in [0.29, 0.717) is 28.8 Å². The quantitative estimate of drug-likeness (QED) is 0.346. The number of anilines is 3. The number of aromatic hydroxyl groups is 1. The lowest BCUT2D eigenvalue weighted by molar-refractivity contribution is -0.115. The first-order valence-electron chi connectivity index (χ1n) is 9.49. The third-order valence-corrected chi connectivity index (χ3v) is 4.10. The van der Waals surface area contributed by atoms with Gasteiger partial charge in [-0.2, -0.15) is 20.1 Å². The van der Waals surface area contributed by atoms with Gasteiger partial charge in [0.25, 0.3) is 0 Å². The van der Waals surface area contributed by atoms with E-state index in [1.165, 1.54) is 30.3 Å². The number of H-pyrrole nitrogens is 1. The summed E-state index contributed by atoms with van der Waals surface area (Å²) in [5, 5.41) is 21.8. The molecule has 1 amide bonds. The third-order valence-electron chi connectivity index (χ3n) is 4.10. The van der Waals surface area contributed by atoms with E-state index < -0.39 is 5.82 Å². The van der Waals surface area contributed by atoms with Crippen LogP contribution in [0.2, 0.25) is 0 Å². The van der Waals surface area contributed by atoms with E-state index in [2.05, 4.69) is 35.8 Å². The Labute approximate surface area is 181 Å². The second kappa shape index (κ2) is 9.08. The Morgan fingerprint density at radius 3 is 2.72 bits per heavy atom. The summed E-state index contributed by atoms with van der Waals surface area (Å²) in [6.45, 7) is 1.68. The summed E-state index contributed by atoms with van der Waals surface area (Å²) >= 11 is 0. The maximum Gasteiger partial charge on any atom is 0.327 e. The first-order valence-corrected chi connectivity index (χ1v) is 9.49. The van der Waals surface area contributed by atoms with Crippen LogP contribution in [-0.4, -0.2) is 36.2 Å². The van der Waals surface area contributed by atoms with Gasteiger partial charge in [-0.05, 0) is 49.4 Å². The first kappa shape index (κ1) is 20.7. The molecule has 0 fully saturated rings. The molecule has 2 heterocycles. The largest absolute Gasteiger partial charge is 0.508 e. The molecule has 10 nitrogen and oxygen atoms in total. The number of aromatic amines is 1. The van der Waals surface area contributed by atoms with Crippen LogP contribution in [0.4, 0.5) is 21.8 Å². The number of benzene rings is 2. The molecular formula is C21H18FN7O3. The molecule has 4 aromatic rings. The van der Waals surface area contributed by atoms with Crippen molar-refractivity contribution < 1.29 is 19.0 Å². The number of aromatic nitrogens is 5. The smallest absolute Gasteiger partial charge is 0.327 e. The van der Waals surface area contributed by atoms with E-state index in [0.717, 1.165) is 0 Å². The fraction of sp³-hybridized carbons (Fsp3) is 0.0952. The molecule has 0 aliphatic rings. The average Bonchev–Trinajstić information content (AvgIpc) is 3.15. The summed E-state index contributed by atoms with van der Waals surface area (Å²) in [5.74, 6) is 0.814. The van der Waals surface area contributed by atoms with E-state index in [-0.39, 0.29) is 30.0 Å². The van der Waals surface area contributed by atoms with Crippen LogP contribution < -0.4 is 15.4 Å². The average molecular weight is 435 g/mol. The summed E-state index contributed by atoms with van der Waals surface area (Å²) in [7, 11) is 0. The number of rotatable bonds is 7. The van der Waals surface area contributed by atoms with Crippen LogP contribution >= 0.6 is 0 Å². The number of ether oxygens (including phenoxy) is 1. The van der Waals surface area contributed by atoms with Gasteiger partial charge in [0.2, 0.25) is 11.9 Å². The summed E-state index contributed by atoms with van der Waals surface area (Å²) in [5.41, 5.74) is 0.905. The molecule has 0 aliphatic heterocycles. The zero-order valence-electron chi connectivity index (χ0n) is 16.8. The highest BCUT2D eigenvalue weighted by Gasteiger charge is 2.11. The van der Waals surface area contributed by atoms with Gasteiger partial charge in [-0.3, -0.25) is 9.89 Å². The molecule has 0 saturated heterocycles. The van der Waals surface area contributed by atoms with Gasteiger partial charge >= 0.3 is 6.01 Å².